The fourth-order valence-electron chi connectivity index (χ4n) is 1.82. The fourth-order valence-corrected chi connectivity index (χ4v) is 3.84. The maximum atomic E-state index is 12.3. The van der Waals surface area contributed by atoms with E-state index in [4.69, 9.17) is 5.26 Å². The molecule has 1 atom stereocenters. The minimum Gasteiger partial charge on any atom is -0.320 e. The lowest BCUT2D eigenvalue weighted by Gasteiger charge is -2.15. The predicted octanol–water partition coefficient (Wildman–Crippen LogP) is 3.15. The molecular weight excluding hydrogens is 318 g/mol. The molecule has 6 nitrogen and oxygen atoms in total. The van der Waals surface area contributed by atoms with Gasteiger partial charge in [-0.25, -0.2) is 0 Å². The lowest BCUT2D eigenvalue weighted by Crippen LogP contribution is -2.15. The lowest BCUT2D eigenvalue weighted by molar-refractivity contribution is 0.102. The summed E-state index contributed by atoms with van der Waals surface area (Å²) in [5, 5.41) is 15.8. The summed E-state index contributed by atoms with van der Waals surface area (Å²) >= 11 is 1.06. The van der Waals surface area contributed by atoms with Gasteiger partial charge in [0.15, 0.2) is 0 Å². The van der Waals surface area contributed by atoms with Crippen LogP contribution in [0.5, 0.6) is 0 Å². The van der Waals surface area contributed by atoms with Crippen molar-refractivity contribution < 1.29 is 4.79 Å². The van der Waals surface area contributed by atoms with Gasteiger partial charge in [-0.2, -0.15) is 5.26 Å². The number of anilines is 1. The molecule has 0 saturated carbocycles. The van der Waals surface area contributed by atoms with Gasteiger partial charge in [-0.1, -0.05) is 30.5 Å². The lowest BCUT2D eigenvalue weighted by atomic mass is 10.3. The molecule has 1 aromatic carbocycles. The van der Waals surface area contributed by atoms with Crippen LogP contribution in [-0.4, -0.2) is 20.7 Å². The second kappa shape index (κ2) is 7.24. The molecule has 0 bridgehead atoms. The topological polar surface area (TPSA) is 91.0 Å². The zero-order valence-electron chi connectivity index (χ0n) is 12.4. The number of hydrogen-bond acceptors (Lipinski definition) is 6. The highest BCUT2D eigenvalue weighted by Crippen LogP contribution is 2.24. The van der Waals surface area contributed by atoms with Gasteiger partial charge in [-0.3, -0.25) is 4.79 Å². The van der Waals surface area contributed by atoms with Crippen molar-refractivity contribution in [3.63, 3.8) is 0 Å². The molecule has 22 heavy (non-hydrogen) atoms. The first kappa shape index (κ1) is 16.3. The van der Waals surface area contributed by atoms with Crippen molar-refractivity contribution in [3.8, 4) is 6.19 Å². The van der Waals surface area contributed by atoms with Crippen LogP contribution in [-0.2, 0) is 10.7 Å². The van der Waals surface area contributed by atoms with Crippen molar-refractivity contribution in [2.75, 3.05) is 5.32 Å². The quantitative estimate of drug-likeness (QED) is 0.870. The van der Waals surface area contributed by atoms with Gasteiger partial charge in [0.25, 0.3) is 5.91 Å². The Bertz CT molecular complexity index is 761. The van der Waals surface area contributed by atoms with E-state index in [0.717, 1.165) is 16.4 Å². The Morgan fingerprint density at radius 1 is 1.45 bits per heavy atom. The molecule has 1 N–H and O–H groups in total. The molecule has 0 aliphatic carbocycles. The van der Waals surface area contributed by atoms with E-state index in [2.05, 4.69) is 19.3 Å². The number of rotatable bonds is 4. The number of aryl methyl sites for hydroxylation is 1. The van der Waals surface area contributed by atoms with Crippen LogP contribution in [0.2, 0.25) is 0 Å². The van der Waals surface area contributed by atoms with E-state index in [1.165, 1.54) is 0 Å². The molecule has 2 rings (SSSR count). The maximum absolute atomic E-state index is 12.3. The number of nitrogens with zero attached hydrogens (tertiary/aromatic N) is 4. The monoisotopic (exact) mass is 333 g/mol. The van der Waals surface area contributed by atoms with Gasteiger partial charge in [-0.05, 0) is 41.3 Å². The molecule has 0 aliphatic rings. The van der Waals surface area contributed by atoms with Gasteiger partial charge in [0.1, 0.15) is 4.88 Å². The third-order valence-electron chi connectivity index (χ3n) is 2.80. The average molecular weight is 333 g/mol. The fraction of sp³-hybridized carbons (Fsp3) is 0.286. The van der Waals surface area contributed by atoms with E-state index in [-0.39, 0.29) is 11.2 Å². The summed E-state index contributed by atoms with van der Waals surface area (Å²) in [6.07, 6.45) is 1.87. The van der Waals surface area contributed by atoms with Gasteiger partial charge in [0.2, 0.25) is 6.19 Å². The highest BCUT2D eigenvalue weighted by Gasteiger charge is 2.17. The molecule has 0 spiro atoms. The number of benzene rings is 1. The number of amides is 1. The first-order valence-electron chi connectivity index (χ1n) is 6.57. The summed E-state index contributed by atoms with van der Waals surface area (Å²) in [7, 11) is -0.598. The van der Waals surface area contributed by atoms with Gasteiger partial charge >= 0.3 is 0 Å². The molecule has 0 aliphatic heterocycles. The van der Waals surface area contributed by atoms with Crippen LogP contribution >= 0.6 is 11.5 Å². The average Bonchev–Trinajstić information content (AvgIpc) is 2.91. The molecule has 1 unspecified atom stereocenters. The Balaban J connectivity index is 2.37. The van der Waals surface area contributed by atoms with Crippen LogP contribution in [0.1, 0.15) is 29.2 Å². The number of nitriles is 1. The molecule has 0 fully saturated rings. The molecular formula is C14H15N5OS2. The number of carbonyl (C=O) groups excluding carboxylic acids is 1. The third-order valence-corrected chi connectivity index (χ3v) is 5.61. The van der Waals surface area contributed by atoms with E-state index in [1.54, 1.807) is 6.92 Å². The molecule has 1 heterocycles. The summed E-state index contributed by atoms with van der Waals surface area (Å²) in [5.41, 5.74) is 1.26. The Morgan fingerprint density at radius 3 is 2.77 bits per heavy atom. The van der Waals surface area contributed by atoms with Crippen molar-refractivity contribution in [2.24, 2.45) is 4.36 Å². The zero-order valence-corrected chi connectivity index (χ0v) is 14.0. The third kappa shape index (κ3) is 3.55. The van der Waals surface area contributed by atoms with E-state index in [0.29, 0.717) is 16.3 Å². The zero-order chi connectivity index (χ0) is 16.1. The maximum Gasteiger partial charge on any atom is 0.269 e. The van der Waals surface area contributed by atoms with Crippen molar-refractivity contribution >= 4 is 33.8 Å². The van der Waals surface area contributed by atoms with E-state index in [1.807, 2.05) is 44.3 Å². The first-order valence-corrected chi connectivity index (χ1v) is 8.58. The van der Waals surface area contributed by atoms with Crippen LogP contribution in [0.3, 0.4) is 0 Å². The number of nitrogens with one attached hydrogen (secondary N) is 1. The van der Waals surface area contributed by atoms with Gasteiger partial charge < -0.3 is 5.32 Å². The summed E-state index contributed by atoms with van der Waals surface area (Å²) in [6.45, 7) is 5.74. The van der Waals surface area contributed by atoms with Crippen molar-refractivity contribution in [2.45, 2.75) is 30.9 Å². The van der Waals surface area contributed by atoms with Crippen LogP contribution in [0.4, 0.5) is 5.69 Å². The molecule has 1 amide bonds. The van der Waals surface area contributed by atoms with Crippen LogP contribution in [0.25, 0.3) is 0 Å². The Kier molecular flexibility index (Phi) is 5.35. The van der Waals surface area contributed by atoms with Crippen molar-refractivity contribution in [1.29, 1.82) is 5.26 Å². The summed E-state index contributed by atoms with van der Waals surface area (Å²) < 4.78 is 7.77. The molecule has 2 aromatic rings. The van der Waals surface area contributed by atoms with Gasteiger partial charge in [0.05, 0.1) is 11.4 Å². The predicted molar refractivity (Wildman–Crippen MR) is 87.8 cm³/mol. The van der Waals surface area contributed by atoms with E-state index in [9.17, 15) is 4.79 Å². The number of hydrogen-bond donors (Lipinski definition) is 1. The standard InChI is InChI=1S/C14H15N5OS2/c1-9(2)22(16-8-15)12-7-5-4-6-11(12)17-14(20)13-10(3)18-19-21-13/h4-7,9H,1-3H3,(H,17,20). The van der Waals surface area contributed by atoms with Crippen LogP contribution < -0.4 is 5.32 Å². The van der Waals surface area contributed by atoms with E-state index < -0.39 is 10.7 Å². The normalized spacial score (nSPS) is 12.1. The van der Waals surface area contributed by atoms with Crippen LogP contribution in [0.15, 0.2) is 33.5 Å². The van der Waals surface area contributed by atoms with Gasteiger partial charge in [0, 0.05) is 10.1 Å². The summed E-state index contributed by atoms with van der Waals surface area (Å²) in [5.74, 6) is -0.246. The molecule has 8 heteroatoms. The number of aromatic nitrogens is 2. The molecule has 1 aromatic heterocycles. The largest absolute Gasteiger partial charge is 0.320 e. The molecule has 0 radical (unpaired) electrons. The Labute approximate surface area is 135 Å². The van der Waals surface area contributed by atoms with Crippen molar-refractivity contribution in [1.82, 2.24) is 9.59 Å². The molecule has 114 valence electrons. The highest BCUT2D eigenvalue weighted by molar-refractivity contribution is 7.88. The second-order valence-corrected chi connectivity index (χ2v) is 7.64. The minimum absolute atomic E-state index is 0.171. The first-order chi connectivity index (χ1) is 10.5. The van der Waals surface area contributed by atoms with Crippen LogP contribution in [0, 0.1) is 18.4 Å². The smallest absolute Gasteiger partial charge is 0.269 e. The summed E-state index contributed by atoms with van der Waals surface area (Å²) in [6, 6.07) is 7.41. The highest BCUT2D eigenvalue weighted by atomic mass is 32.2. The number of para-hydroxylation sites is 1. The second-order valence-electron chi connectivity index (χ2n) is 4.69. The number of carbonyl (C=O) groups is 1. The van der Waals surface area contributed by atoms with E-state index >= 15 is 0 Å². The Morgan fingerprint density at radius 2 is 2.18 bits per heavy atom. The van der Waals surface area contributed by atoms with Crippen molar-refractivity contribution in [3.05, 3.63) is 34.8 Å². The minimum atomic E-state index is -0.598. The summed E-state index contributed by atoms with van der Waals surface area (Å²) in [4.78, 5) is 13.7. The Hall–Kier alpha value is -2.11. The SMILES string of the molecule is Cc1nnsc1C(=O)Nc1ccccc1/S(=N/C#N)C(C)C. The van der Waals surface area contributed by atoms with Gasteiger partial charge in [-0.15, -0.1) is 9.46 Å². The molecule has 0 saturated heterocycles.